The van der Waals surface area contributed by atoms with Crippen molar-refractivity contribution < 1.29 is 4.79 Å². The molecule has 1 heterocycles. The normalized spacial score (nSPS) is 9.92. The number of imidazole rings is 1. The number of carbonyl (C=O) groups is 1. The molecule has 0 spiro atoms. The zero-order valence-electron chi connectivity index (χ0n) is 7.61. The van der Waals surface area contributed by atoms with E-state index >= 15 is 0 Å². The van der Waals surface area contributed by atoms with Gasteiger partial charge in [-0.25, -0.2) is 4.98 Å². The van der Waals surface area contributed by atoms with Crippen molar-refractivity contribution in [1.82, 2.24) is 14.5 Å². The van der Waals surface area contributed by atoms with Crippen LogP contribution in [0, 0.1) is 0 Å². The maximum atomic E-state index is 10.9. The average Bonchev–Trinajstić information content (AvgIpc) is 2.36. The zero-order valence-corrected chi connectivity index (χ0v) is 7.61. The second-order valence-electron chi connectivity index (χ2n) is 2.83. The average molecular weight is 167 g/mol. The second-order valence-corrected chi connectivity index (χ2v) is 2.83. The number of hydrogen-bond acceptors (Lipinski definition) is 2. The Hall–Kier alpha value is -1.32. The molecular weight excluding hydrogens is 154 g/mol. The van der Waals surface area contributed by atoms with Gasteiger partial charge in [0.15, 0.2) is 0 Å². The van der Waals surface area contributed by atoms with Crippen molar-refractivity contribution in [2.75, 3.05) is 7.05 Å². The minimum atomic E-state index is 0.0537. The lowest BCUT2D eigenvalue weighted by molar-refractivity contribution is -0.128. The van der Waals surface area contributed by atoms with Crippen molar-refractivity contribution in [2.24, 2.45) is 7.05 Å². The Balaban J connectivity index is 2.64. The lowest BCUT2D eigenvalue weighted by atomic mass is 10.5. The lowest BCUT2D eigenvalue weighted by Gasteiger charge is -2.13. The van der Waals surface area contributed by atoms with Gasteiger partial charge in [-0.1, -0.05) is 0 Å². The van der Waals surface area contributed by atoms with Crippen molar-refractivity contribution in [3.63, 3.8) is 0 Å². The van der Waals surface area contributed by atoms with E-state index in [9.17, 15) is 4.79 Å². The van der Waals surface area contributed by atoms with E-state index in [2.05, 4.69) is 4.98 Å². The minimum Gasteiger partial charge on any atom is -0.339 e. The molecule has 1 aromatic heterocycles. The molecule has 0 unspecified atom stereocenters. The van der Waals surface area contributed by atoms with Crippen LogP contribution in [0.2, 0.25) is 0 Å². The molecule has 12 heavy (non-hydrogen) atoms. The molecule has 0 fully saturated rings. The van der Waals surface area contributed by atoms with Crippen LogP contribution in [0.5, 0.6) is 0 Å². The molecule has 4 heteroatoms. The summed E-state index contributed by atoms with van der Waals surface area (Å²) < 4.78 is 1.90. The van der Waals surface area contributed by atoms with Gasteiger partial charge in [-0.3, -0.25) is 4.79 Å². The van der Waals surface area contributed by atoms with Crippen LogP contribution in [0.4, 0.5) is 0 Å². The first kappa shape index (κ1) is 8.77. The van der Waals surface area contributed by atoms with Gasteiger partial charge < -0.3 is 9.47 Å². The van der Waals surface area contributed by atoms with Gasteiger partial charge in [-0.2, -0.15) is 0 Å². The Kier molecular flexibility index (Phi) is 2.47. The van der Waals surface area contributed by atoms with Gasteiger partial charge in [0.2, 0.25) is 5.91 Å². The molecule has 0 bridgehead atoms. The lowest BCUT2D eigenvalue weighted by Crippen LogP contribution is -2.24. The molecular formula is C8H13N3O. The van der Waals surface area contributed by atoms with Crippen LogP contribution in [-0.2, 0) is 18.4 Å². The number of rotatable bonds is 2. The summed E-state index contributed by atoms with van der Waals surface area (Å²) >= 11 is 0. The van der Waals surface area contributed by atoms with Gasteiger partial charge in [0.25, 0.3) is 0 Å². The fourth-order valence-electron chi connectivity index (χ4n) is 0.872. The molecule has 0 aliphatic heterocycles. The van der Waals surface area contributed by atoms with Crippen LogP contribution in [0.3, 0.4) is 0 Å². The third-order valence-electron chi connectivity index (χ3n) is 1.84. The van der Waals surface area contributed by atoms with Gasteiger partial charge in [0, 0.05) is 33.4 Å². The van der Waals surface area contributed by atoms with Crippen LogP contribution in [0.15, 0.2) is 12.4 Å². The van der Waals surface area contributed by atoms with Gasteiger partial charge in [-0.15, -0.1) is 0 Å². The predicted molar refractivity (Wildman–Crippen MR) is 45.4 cm³/mol. The van der Waals surface area contributed by atoms with E-state index in [4.69, 9.17) is 0 Å². The fourth-order valence-corrected chi connectivity index (χ4v) is 0.872. The van der Waals surface area contributed by atoms with E-state index in [1.54, 1.807) is 25.1 Å². The summed E-state index contributed by atoms with van der Waals surface area (Å²) in [6, 6.07) is 0. The summed E-state index contributed by atoms with van der Waals surface area (Å²) in [6.45, 7) is 2.11. The molecule has 0 saturated heterocycles. The summed E-state index contributed by atoms with van der Waals surface area (Å²) in [4.78, 5) is 16.6. The van der Waals surface area contributed by atoms with Gasteiger partial charge in [0.1, 0.15) is 5.82 Å². The highest BCUT2D eigenvalue weighted by molar-refractivity contribution is 5.72. The first-order chi connectivity index (χ1) is 5.61. The van der Waals surface area contributed by atoms with Crippen molar-refractivity contribution in [3.05, 3.63) is 18.2 Å². The minimum absolute atomic E-state index is 0.0537. The third-order valence-corrected chi connectivity index (χ3v) is 1.84. The molecule has 0 aliphatic carbocycles. The summed E-state index contributed by atoms with van der Waals surface area (Å²) in [7, 11) is 3.67. The quantitative estimate of drug-likeness (QED) is 0.639. The Labute approximate surface area is 71.8 Å². The SMILES string of the molecule is CC(=O)N(C)Cc1nccn1C. The highest BCUT2D eigenvalue weighted by atomic mass is 16.2. The van der Waals surface area contributed by atoms with Gasteiger partial charge >= 0.3 is 0 Å². The van der Waals surface area contributed by atoms with Crippen molar-refractivity contribution >= 4 is 5.91 Å². The van der Waals surface area contributed by atoms with Crippen molar-refractivity contribution in [1.29, 1.82) is 0 Å². The van der Waals surface area contributed by atoms with E-state index in [0.717, 1.165) is 5.82 Å². The number of nitrogens with zero attached hydrogens (tertiary/aromatic N) is 3. The summed E-state index contributed by atoms with van der Waals surface area (Å²) in [6.07, 6.45) is 3.59. The molecule has 1 rings (SSSR count). The number of amides is 1. The van der Waals surface area contributed by atoms with E-state index in [-0.39, 0.29) is 5.91 Å². The molecule has 1 aromatic rings. The topological polar surface area (TPSA) is 38.1 Å². The summed E-state index contributed by atoms with van der Waals surface area (Å²) in [5.74, 6) is 0.950. The Morgan fingerprint density at radius 3 is 2.83 bits per heavy atom. The van der Waals surface area contributed by atoms with Crippen molar-refractivity contribution in [2.45, 2.75) is 13.5 Å². The molecule has 4 nitrogen and oxygen atoms in total. The Morgan fingerprint density at radius 1 is 1.75 bits per heavy atom. The number of aromatic nitrogens is 2. The van der Waals surface area contributed by atoms with Crippen molar-refractivity contribution in [3.8, 4) is 0 Å². The monoisotopic (exact) mass is 167 g/mol. The Bertz CT molecular complexity index is 280. The van der Waals surface area contributed by atoms with Crippen LogP contribution in [0.25, 0.3) is 0 Å². The first-order valence-electron chi connectivity index (χ1n) is 3.79. The summed E-state index contributed by atoms with van der Waals surface area (Å²) in [5.41, 5.74) is 0. The third kappa shape index (κ3) is 1.84. The second kappa shape index (κ2) is 3.38. The molecule has 0 radical (unpaired) electrons. The zero-order chi connectivity index (χ0) is 9.14. The van der Waals surface area contributed by atoms with Gasteiger partial charge in [0.05, 0.1) is 6.54 Å². The van der Waals surface area contributed by atoms with Gasteiger partial charge in [-0.05, 0) is 0 Å². The first-order valence-corrected chi connectivity index (χ1v) is 3.79. The molecule has 0 atom stereocenters. The summed E-state index contributed by atoms with van der Waals surface area (Å²) in [5, 5.41) is 0. The number of aryl methyl sites for hydroxylation is 1. The largest absolute Gasteiger partial charge is 0.339 e. The molecule has 1 amide bonds. The fraction of sp³-hybridized carbons (Fsp3) is 0.500. The standard InChI is InChI=1S/C8H13N3O/c1-7(12)11(3)6-8-9-4-5-10(8)2/h4-5H,6H2,1-3H3. The predicted octanol–water partition coefficient (Wildman–Crippen LogP) is 0.398. The van der Waals surface area contributed by atoms with E-state index < -0.39 is 0 Å². The molecule has 0 N–H and O–H groups in total. The van der Waals surface area contributed by atoms with E-state index in [0.29, 0.717) is 6.54 Å². The smallest absolute Gasteiger partial charge is 0.219 e. The Morgan fingerprint density at radius 2 is 2.42 bits per heavy atom. The number of carbonyl (C=O) groups excluding carboxylic acids is 1. The maximum Gasteiger partial charge on any atom is 0.219 e. The van der Waals surface area contributed by atoms with E-state index in [1.165, 1.54) is 0 Å². The van der Waals surface area contributed by atoms with Crippen LogP contribution < -0.4 is 0 Å². The highest BCUT2D eigenvalue weighted by Gasteiger charge is 2.05. The van der Waals surface area contributed by atoms with Crippen LogP contribution in [-0.4, -0.2) is 27.4 Å². The maximum absolute atomic E-state index is 10.9. The number of hydrogen-bond donors (Lipinski definition) is 0. The molecule has 0 aliphatic rings. The van der Waals surface area contributed by atoms with Crippen LogP contribution >= 0.6 is 0 Å². The molecule has 0 saturated carbocycles. The van der Waals surface area contributed by atoms with Crippen LogP contribution in [0.1, 0.15) is 12.7 Å². The molecule has 0 aromatic carbocycles. The molecule has 66 valence electrons. The van der Waals surface area contributed by atoms with E-state index in [1.807, 2.05) is 17.8 Å². The highest BCUT2D eigenvalue weighted by Crippen LogP contribution is 1.98.